The van der Waals surface area contributed by atoms with Gasteiger partial charge in [0.1, 0.15) is 0 Å². The molecule has 0 saturated carbocycles. The summed E-state index contributed by atoms with van der Waals surface area (Å²) in [6, 6.07) is 7.38. The van der Waals surface area contributed by atoms with Crippen molar-refractivity contribution in [3.8, 4) is 5.75 Å². The van der Waals surface area contributed by atoms with Crippen molar-refractivity contribution in [3.63, 3.8) is 0 Å². The van der Waals surface area contributed by atoms with Gasteiger partial charge in [0, 0.05) is 31.3 Å². The second-order valence-corrected chi connectivity index (χ2v) is 4.91. The number of pyridine rings is 2. The molecule has 0 unspecified atom stereocenters. The molecular formula is C16H16N4O2. The lowest BCUT2D eigenvalue weighted by Crippen LogP contribution is -2.28. The molecule has 0 saturated heterocycles. The van der Waals surface area contributed by atoms with Crippen LogP contribution in [0.25, 0.3) is 5.65 Å². The first-order valence-corrected chi connectivity index (χ1v) is 6.95. The highest BCUT2D eigenvalue weighted by Crippen LogP contribution is 2.18. The maximum absolute atomic E-state index is 11.9. The number of imidazole rings is 1. The molecule has 0 spiro atoms. The molecule has 6 heteroatoms. The number of fused-ring (bicyclic) bond motifs is 1. The van der Waals surface area contributed by atoms with Gasteiger partial charge in [-0.1, -0.05) is 0 Å². The monoisotopic (exact) mass is 296 g/mol. The van der Waals surface area contributed by atoms with Crippen LogP contribution in [0.3, 0.4) is 0 Å². The first-order valence-electron chi connectivity index (χ1n) is 6.95. The molecule has 6 nitrogen and oxygen atoms in total. The molecule has 3 aromatic rings. The van der Waals surface area contributed by atoms with E-state index in [2.05, 4.69) is 15.3 Å². The van der Waals surface area contributed by atoms with Crippen LogP contribution in [0.1, 0.15) is 11.3 Å². The zero-order chi connectivity index (χ0) is 15.4. The van der Waals surface area contributed by atoms with Crippen LogP contribution in [0.5, 0.6) is 5.75 Å². The maximum Gasteiger partial charge on any atom is 0.258 e. The summed E-state index contributed by atoms with van der Waals surface area (Å²) in [5.74, 6) is 0.414. The van der Waals surface area contributed by atoms with Crippen molar-refractivity contribution in [1.29, 1.82) is 0 Å². The van der Waals surface area contributed by atoms with E-state index < -0.39 is 0 Å². The van der Waals surface area contributed by atoms with E-state index in [0.717, 1.165) is 11.3 Å². The summed E-state index contributed by atoms with van der Waals surface area (Å²) < 4.78 is 7.45. The van der Waals surface area contributed by atoms with Gasteiger partial charge in [0.05, 0.1) is 5.69 Å². The quantitative estimate of drug-likeness (QED) is 0.778. The summed E-state index contributed by atoms with van der Waals surface area (Å²) in [4.78, 5) is 20.2. The second-order valence-electron chi connectivity index (χ2n) is 4.91. The molecule has 0 aliphatic heterocycles. The normalized spacial score (nSPS) is 10.6. The summed E-state index contributed by atoms with van der Waals surface area (Å²) in [7, 11) is 0. The molecule has 0 aliphatic rings. The fourth-order valence-electron chi connectivity index (χ4n) is 2.12. The van der Waals surface area contributed by atoms with E-state index in [1.54, 1.807) is 18.5 Å². The number of rotatable bonds is 5. The number of hydrogen-bond acceptors (Lipinski definition) is 4. The number of nitrogens with zero attached hydrogens (tertiary/aromatic N) is 3. The van der Waals surface area contributed by atoms with Crippen molar-refractivity contribution in [2.75, 3.05) is 6.61 Å². The predicted octanol–water partition coefficient (Wildman–Crippen LogP) is 1.73. The zero-order valence-electron chi connectivity index (χ0n) is 12.2. The van der Waals surface area contributed by atoms with Gasteiger partial charge in [-0.25, -0.2) is 4.98 Å². The van der Waals surface area contributed by atoms with Crippen LogP contribution in [0.15, 0.2) is 49.1 Å². The summed E-state index contributed by atoms with van der Waals surface area (Å²) in [6.07, 6.45) is 7.19. The zero-order valence-corrected chi connectivity index (χ0v) is 12.2. The number of carbonyl (C=O) groups excluding carboxylic acids is 1. The summed E-state index contributed by atoms with van der Waals surface area (Å²) in [5.41, 5.74) is 2.61. The van der Waals surface area contributed by atoms with Crippen LogP contribution in [-0.4, -0.2) is 26.9 Å². The van der Waals surface area contributed by atoms with Crippen LogP contribution < -0.4 is 10.1 Å². The molecule has 0 atom stereocenters. The minimum atomic E-state index is -0.179. The number of aryl methyl sites for hydroxylation is 1. The fraction of sp³-hybridized carbons (Fsp3) is 0.188. The second kappa shape index (κ2) is 6.26. The Morgan fingerprint density at radius 2 is 2.14 bits per heavy atom. The smallest absolute Gasteiger partial charge is 0.258 e. The SMILES string of the molecule is Cc1cn2cccc(OCC(=O)NCc3ccncc3)c2n1. The average Bonchev–Trinajstić information content (AvgIpc) is 2.92. The maximum atomic E-state index is 11.9. The minimum Gasteiger partial charge on any atom is -0.480 e. The third kappa shape index (κ3) is 3.22. The lowest BCUT2D eigenvalue weighted by Gasteiger charge is -2.08. The molecule has 3 aromatic heterocycles. The van der Waals surface area contributed by atoms with Crippen LogP contribution in [0, 0.1) is 6.92 Å². The van der Waals surface area contributed by atoms with Gasteiger partial charge in [-0.2, -0.15) is 0 Å². The van der Waals surface area contributed by atoms with Crippen molar-refractivity contribution >= 4 is 11.6 Å². The Bertz CT molecular complexity index is 783. The van der Waals surface area contributed by atoms with Crippen LogP contribution in [0.2, 0.25) is 0 Å². The Hall–Kier alpha value is -2.89. The van der Waals surface area contributed by atoms with Gasteiger partial charge in [0.15, 0.2) is 18.0 Å². The van der Waals surface area contributed by atoms with Crippen molar-refractivity contribution in [2.45, 2.75) is 13.5 Å². The molecule has 112 valence electrons. The van der Waals surface area contributed by atoms with Crippen molar-refractivity contribution < 1.29 is 9.53 Å². The predicted molar refractivity (Wildman–Crippen MR) is 81.5 cm³/mol. The Kier molecular flexibility index (Phi) is 4.00. The van der Waals surface area contributed by atoms with Gasteiger partial charge in [-0.3, -0.25) is 9.78 Å². The van der Waals surface area contributed by atoms with E-state index in [-0.39, 0.29) is 12.5 Å². The van der Waals surface area contributed by atoms with Crippen molar-refractivity contribution in [3.05, 3.63) is 60.3 Å². The highest BCUT2D eigenvalue weighted by molar-refractivity contribution is 5.77. The molecule has 1 N–H and O–H groups in total. The van der Waals surface area contributed by atoms with Gasteiger partial charge in [0.2, 0.25) is 0 Å². The molecule has 0 aromatic carbocycles. The van der Waals surface area contributed by atoms with Gasteiger partial charge in [0.25, 0.3) is 5.91 Å². The van der Waals surface area contributed by atoms with Gasteiger partial charge < -0.3 is 14.5 Å². The van der Waals surface area contributed by atoms with Crippen molar-refractivity contribution in [1.82, 2.24) is 19.7 Å². The molecule has 0 bridgehead atoms. The number of hydrogen-bond donors (Lipinski definition) is 1. The molecule has 3 heterocycles. The average molecular weight is 296 g/mol. The van der Waals surface area contributed by atoms with E-state index >= 15 is 0 Å². The first kappa shape index (κ1) is 14.1. The van der Waals surface area contributed by atoms with E-state index in [9.17, 15) is 4.79 Å². The summed E-state index contributed by atoms with van der Waals surface area (Å²) >= 11 is 0. The molecule has 0 radical (unpaired) electrons. The topological polar surface area (TPSA) is 68.5 Å². The third-order valence-corrected chi connectivity index (χ3v) is 3.17. The van der Waals surface area contributed by atoms with Gasteiger partial charge >= 0.3 is 0 Å². The Morgan fingerprint density at radius 1 is 1.32 bits per heavy atom. The van der Waals surface area contributed by atoms with Crippen LogP contribution >= 0.6 is 0 Å². The molecule has 0 aliphatic carbocycles. The first-order chi connectivity index (χ1) is 10.7. The molecule has 1 amide bonds. The molecule has 22 heavy (non-hydrogen) atoms. The molecular weight excluding hydrogens is 280 g/mol. The highest BCUT2D eigenvalue weighted by atomic mass is 16.5. The Labute approximate surface area is 127 Å². The minimum absolute atomic E-state index is 0.0450. The van der Waals surface area contributed by atoms with E-state index in [0.29, 0.717) is 17.9 Å². The fourth-order valence-corrected chi connectivity index (χ4v) is 2.12. The lowest BCUT2D eigenvalue weighted by molar-refractivity contribution is -0.123. The lowest BCUT2D eigenvalue weighted by atomic mass is 10.3. The summed E-state index contributed by atoms with van der Waals surface area (Å²) in [5, 5.41) is 2.80. The van der Waals surface area contributed by atoms with Gasteiger partial charge in [-0.05, 0) is 36.8 Å². The number of ether oxygens (including phenoxy) is 1. The Morgan fingerprint density at radius 3 is 2.95 bits per heavy atom. The third-order valence-electron chi connectivity index (χ3n) is 3.17. The molecule has 0 fully saturated rings. The highest BCUT2D eigenvalue weighted by Gasteiger charge is 2.08. The van der Waals surface area contributed by atoms with E-state index in [1.165, 1.54) is 0 Å². The standard InChI is InChI=1S/C16H16N4O2/c1-12-10-20-8-2-3-14(16(20)19-12)22-11-15(21)18-9-13-4-6-17-7-5-13/h2-8,10H,9,11H2,1H3,(H,18,21). The van der Waals surface area contributed by atoms with E-state index in [1.807, 2.05) is 41.9 Å². The number of carbonyl (C=O) groups is 1. The summed E-state index contributed by atoms with van der Waals surface area (Å²) in [6.45, 7) is 2.33. The number of aromatic nitrogens is 3. The van der Waals surface area contributed by atoms with Gasteiger partial charge in [-0.15, -0.1) is 0 Å². The number of amides is 1. The van der Waals surface area contributed by atoms with E-state index in [4.69, 9.17) is 4.74 Å². The Balaban J connectivity index is 1.58. The molecule has 3 rings (SSSR count). The largest absolute Gasteiger partial charge is 0.480 e. The number of nitrogens with one attached hydrogen (secondary N) is 1. The van der Waals surface area contributed by atoms with Crippen molar-refractivity contribution in [2.24, 2.45) is 0 Å². The van der Waals surface area contributed by atoms with Crippen LogP contribution in [0.4, 0.5) is 0 Å². The van der Waals surface area contributed by atoms with Crippen LogP contribution in [-0.2, 0) is 11.3 Å².